The summed E-state index contributed by atoms with van der Waals surface area (Å²) in [5, 5.41) is 11.7. The maximum absolute atomic E-state index is 12.7. The normalized spacial score (nSPS) is 11.8. The number of hydrogen-bond acceptors (Lipinski definition) is 5. The minimum absolute atomic E-state index is 0.299. The Kier molecular flexibility index (Phi) is 5.45. The van der Waals surface area contributed by atoms with Crippen LogP contribution in [0.25, 0.3) is 21.1 Å². The van der Waals surface area contributed by atoms with E-state index >= 15 is 0 Å². The molecular formula is C20H19N3O2S3. The topological polar surface area (TPSA) is 74.8 Å². The molecule has 8 heteroatoms. The van der Waals surface area contributed by atoms with E-state index in [0.29, 0.717) is 17.9 Å². The lowest BCUT2D eigenvalue weighted by Gasteiger charge is -2.10. The van der Waals surface area contributed by atoms with Crippen molar-refractivity contribution in [1.82, 2.24) is 14.9 Å². The Bertz CT molecular complexity index is 1110. The Balaban J connectivity index is 1.59. The average Bonchev–Trinajstić information content (AvgIpc) is 3.42. The van der Waals surface area contributed by atoms with Gasteiger partial charge < -0.3 is 0 Å². The van der Waals surface area contributed by atoms with Gasteiger partial charge in [0.25, 0.3) is 0 Å². The quantitative estimate of drug-likeness (QED) is 0.447. The number of hydrogen-bond donors (Lipinski definition) is 2. The number of sulfonamides is 1. The third-order valence-corrected chi connectivity index (χ3v) is 7.82. The monoisotopic (exact) mass is 429 g/mol. The lowest BCUT2D eigenvalue weighted by atomic mass is 10.1. The highest BCUT2D eigenvalue weighted by Gasteiger charge is 2.20. The Morgan fingerprint density at radius 3 is 2.39 bits per heavy atom. The minimum Gasteiger partial charge on any atom is -0.276 e. The smallest absolute Gasteiger partial charge is 0.240 e. The highest BCUT2D eigenvalue weighted by molar-refractivity contribution is 7.89. The predicted molar refractivity (Wildman–Crippen MR) is 115 cm³/mol. The second-order valence-corrected chi connectivity index (χ2v) is 9.92. The number of aromatic nitrogens is 2. The van der Waals surface area contributed by atoms with Crippen LogP contribution in [0.4, 0.5) is 0 Å². The highest BCUT2D eigenvalue weighted by Crippen LogP contribution is 2.34. The van der Waals surface area contributed by atoms with Gasteiger partial charge in [-0.15, -0.1) is 22.7 Å². The molecule has 0 fully saturated rings. The van der Waals surface area contributed by atoms with Crippen LogP contribution in [0.5, 0.6) is 0 Å². The van der Waals surface area contributed by atoms with E-state index in [2.05, 4.69) is 14.9 Å². The van der Waals surface area contributed by atoms with Gasteiger partial charge >= 0.3 is 0 Å². The minimum atomic E-state index is -3.55. The van der Waals surface area contributed by atoms with E-state index in [0.717, 1.165) is 32.3 Å². The standard InChI is InChI=1S/C20H19N3O2S3/c1-14-6-2-3-9-18(14)28(24,25)21-11-10-15-19(16-7-4-12-26-16)22-23-20(15)17-8-5-13-27-17/h2-9,12-13,21H,10-11H2,1H3,(H,22,23). The molecule has 0 radical (unpaired) electrons. The molecule has 0 unspecified atom stereocenters. The first-order valence-corrected chi connectivity index (χ1v) is 12.0. The summed E-state index contributed by atoms with van der Waals surface area (Å²) < 4.78 is 28.1. The van der Waals surface area contributed by atoms with Crippen LogP contribution >= 0.6 is 22.7 Å². The van der Waals surface area contributed by atoms with Crippen LogP contribution in [0.3, 0.4) is 0 Å². The first-order chi connectivity index (χ1) is 13.6. The molecular weight excluding hydrogens is 410 g/mol. The SMILES string of the molecule is Cc1ccccc1S(=O)(=O)NCCc1c(-c2cccs2)n[nH]c1-c1cccs1. The maximum atomic E-state index is 12.7. The second-order valence-electron chi connectivity index (χ2n) is 6.29. The van der Waals surface area contributed by atoms with E-state index in [1.807, 2.05) is 41.1 Å². The summed E-state index contributed by atoms with van der Waals surface area (Å²) in [4.78, 5) is 2.47. The van der Waals surface area contributed by atoms with Crippen LogP contribution < -0.4 is 4.72 Å². The zero-order chi connectivity index (χ0) is 19.6. The molecule has 0 saturated heterocycles. The summed E-state index contributed by atoms with van der Waals surface area (Å²) in [5.74, 6) is 0. The lowest BCUT2D eigenvalue weighted by molar-refractivity contribution is 0.581. The number of H-pyrrole nitrogens is 1. The average molecular weight is 430 g/mol. The molecule has 0 saturated carbocycles. The molecule has 3 heterocycles. The molecule has 0 atom stereocenters. The van der Waals surface area contributed by atoms with Crippen LogP contribution in [0.1, 0.15) is 11.1 Å². The number of nitrogens with zero attached hydrogens (tertiary/aromatic N) is 1. The molecule has 0 aliphatic heterocycles. The van der Waals surface area contributed by atoms with Crippen LogP contribution in [-0.2, 0) is 16.4 Å². The van der Waals surface area contributed by atoms with Crippen LogP contribution in [0, 0.1) is 6.92 Å². The number of aryl methyl sites for hydroxylation is 1. The van der Waals surface area contributed by atoms with Gasteiger partial charge in [-0.25, -0.2) is 13.1 Å². The maximum Gasteiger partial charge on any atom is 0.240 e. The first-order valence-electron chi connectivity index (χ1n) is 8.76. The van der Waals surface area contributed by atoms with Crippen molar-refractivity contribution >= 4 is 32.7 Å². The van der Waals surface area contributed by atoms with Crippen LogP contribution in [0.2, 0.25) is 0 Å². The van der Waals surface area contributed by atoms with E-state index in [1.165, 1.54) is 0 Å². The molecule has 5 nitrogen and oxygen atoms in total. The fourth-order valence-corrected chi connectivity index (χ4v) is 5.86. The number of thiophene rings is 2. The first kappa shape index (κ1) is 19.1. The molecule has 0 aliphatic carbocycles. The van der Waals surface area contributed by atoms with Crippen molar-refractivity contribution in [2.24, 2.45) is 0 Å². The molecule has 0 bridgehead atoms. The summed E-state index contributed by atoms with van der Waals surface area (Å²) in [6, 6.07) is 15.1. The molecule has 1 aromatic carbocycles. The number of nitrogens with one attached hydrogen (secondary N) is 2. The van der Waals surface area contributed by atoms with Gasteiger partial charge in [0.1, 0.15) is 5.69 Å². The predicted octanol–water partition coefficient (Wildman–Crippen LogP) is 4.70. The Morgan fingerprint density at radius 1 is 1.00 bits per heavy atom. The largest absolute Gasteiger partial charge is 0.276 e. The number of rotatable bonds is 7. The summed E-state index contributed by atoms with van der Waals surface area (Å²) in [5.41, 5.74) is 3.59. The Labute approximate surface area is 172 Å². The molecule has 0 spiro atoms. The lowest BCUT2D eigenvalue weighted by Crippen LogP contribution is -2.26. The van der Waals surface area contributed by atoms with E-state index < -0.39 is 10.0 Å². The fraction of sp³-hybridized carbons (Fsp3) is 0.150. The van der Waals surface area contributed by atoms with Gasteiger partial charge in [-0.2, -0.15) is 5.10 Å². The van der Waals surface area contributed by atoms with Crippen molar-refractivity contribution in [3.63, 3.8) is 0 Å². The van der Waals surface area contributed by atoms with Gasteiger partial charge in [0.15, 0.2) is 0 Å². The second kappa shape index (κ2) is 8.00. The number of aromatic amines is 1. The van der Waals surface area contributed by atoms with Crippen molar-refractivity contribution in [1.29, 1.82) is 0 Å². The molecule has 0 aliphatic rings. The van der Waals surface area contributed by atoms with E-state index in [1.54, 1.807) is 47.8 Å². The van der Waals surface area contributed by atoms with Gasteiger partial charge in [0.05, 0.1) is 20.3 Å². The molecule has 4 aromatic rings. The van der Waals surface area contributed by atoms with Crippen molar-refractivity contribution in [3.05, 3.63) is 70.4 Å². The Hall–Kier alpha value is -2.26. The molecule has 3 aromatic heterocycles. The van der Waals surface area contributed by atoms with Crippen LogP contribution in [-0.4, -0.2) is 25.2 Å². The molecule has 4 rings (SSSR count). The highest BCUT2D eigenvalue weighted by atomic mass is 32.2. The summed E-state index contributed by atoms with van der Waals surface area (Å²) in [6.07, 6.45) is 0.544. The third kappa shape index (κ3) is 3.81. The Morgan fingerprint density at radius 2 is 1.71 bits per heavy atom. The molecule has 2 N–H and O–H groups in total. The van der Waals surface area contributed by atoms with E-state index in [9.17, 15) is 8.42 Å². The summed E-state index contributed by atoms with van der Waals surface area (Å²) in [6.45, 7) is 2.10. The van der Waals surface area contributed by atoms with Gasteiger partial charge in [0, 0.05) is 12.1 Å². The van der Waals surface area contributed by atoms with Gasteiger partial charge in [-0.05, 0) is 47.9 Å². The summed E-state index contributed by atoms with van der Waals surface area (Å²) in [7, 11) is -3.55. The van der Waals surface area contributed by atoms with E-state index in [-0.39, 0.29) is 0 Å². The van der Waals surface area contributed by atoms with Gasteiger partial charge in [-0.1, -0.05) is 30.3 Å². The number of benzene rings is 1. The van der Waals surface area contributed by atoms with Gasteiger partial charge in [0.2, 0.25) is 10.0 Å². The van der Waals surface area contributed by atoms with Crippen LogP contribution in [0.15, 0.2) is 64.2 Å². The molecule has 0 amide bonds. The van der Waals surface area contributed by atoms with E-state index in [4.69, 9.17) is 0 Å². The zero-order valence-electron chi connectivity index (χ0n) is 15.2. The third-order valence-electron chi connectivity index (χ3n) is 4.44. The van der Waals surface area contributed by atoms with Crippen molar-refractivity contribution in [2.75, 3.05) is 6.54 Å². The summed E-state index contributed by atoms with van der Waals surface area (Å²) >= 11 is 3.25. The van der Waals surface area contributed by atoms with Gasteiger partial charge in [-0.3, -0.25) is 5.10 Å². The van der Waals surface area contributed by atoms with Crippen molar-refractivity contribution < 1.29 is 8.42 Å². The molecule has 28 heavy (non-hydrogen) atoms. The zero-order valence-corrected chi connectivity index (χ0v) is 17.6. The fourth-order valence-electron chi connectivity index (χ4n) is 3.10. The van der Waals surface area contributed by atoms with Crippen molar-refractivity contribution in [3.8, 4) is 21.1 Å². The molecule has 144 valence electrons. The van der Waals surface area contributed by atoms with Crippen molar-refractivity contribution in [2.45, 2.75) is 18.2 Å².